The molecule has 1 aliphatic heterocycles. The lowest BCUT2D eigenvalue weighted by Gasteiger charge is -2.30. The standard InChI is InChI=1S/C24H27ClN4O3/c1-17-2-3-18-15-19(23(30)27-22(18)14-17)16-29(9-8-28-10-12-32-13-11-28)24(31)26-21-6-4-20(25)5-7-21/h2-7,14-15H,8-13,16H2,1H3,(H,26,31)(H,27,30). The first-order valence-electron chi connectivity index (χ1n) is 10.7. The van der Waals surface area contributed by atoms with Gasteiger partial charge in [0.05, 0.1) is 19.8 Å². The topological polar surface area (TPSA) is 77.7 Å². The van der Waals surface area contributed by atoms with E-state index in [-0.39, 0.29) is 18.1 Å². The van der Waals surface area contributed by atoms with Crippen molar-refractivity contribution in [3.8, 4) is 0 Å². The second kappa shape index (κ2) is 10.2. The SMILES string of the molecule is Cc1ccc2cc(CN(CCN3CCOCC3)C(=O)Nc3ccc(Cl)cc3)c(=O)[nH]c2c1. The quantitative estimate of drug-likeness (QED) is 0.593. The minimum atomic E-state index is -0.260. The van der Waals surface area contributed by atoms with Crippen molar-refractivity contribution in [2.24, 2.45) is 0 Å². The molecule has 2 aromatic carbocycles. The molecule has 2 heterocycles. The van der Waals surface area contributed by atoms with Crippen molar-refractivity contribution in [1.29, 1.82) is 0 Å². The molecule has 0 spiro atoms. The van der Waals surface area contributed by atoms with Crippen molar-refractivity contribution in [1.82, 2.24) is 14.8 Å². The van der Waals surface area contributed by atoms with Crippen molar-refractivity contribution in [2.45, 2.75) is 13.5 Å². The second-order valence-corrected chi connectivity index (χ2v) is 8.46. The largest absolute Gasteiger partial charge is 0.379 e. The van der Waals surface area contributed by atoms with Gasteiger partial charge < -0.3 is 19.9 Å². The molecule has 0 bridgehead atoms. The highest BCUT2D eigenvalue weighted by atomic mass is 35.5. The van der Waals surface area contributed by atoms with Crippen LogP contribution in [-0.4, -0.2) is 60.2 Å². The van der Waals surface area contributed by atoms with Crippen LogP contribution in [0.1, 0.15) is 11.1 Å². The lowest BCUT2D eigenvalue weighted by molar-refractivity contribution is 0.0349. The van der Waals surface area contributed by atoms with E-state index >= 15 is 0 Å². The average molecular weight is 455 g/mol. The number of benzene rings is 2. The Hall–Kier alpha value is -2.87. The van der Waals surface area contributed by atoms with Crippen molar-refractivity contribution < 1.29 is 9.53 Å². The monoisotopic (exact) mass is 454 g/mol. The van der Waals surface area contributed by atoms with Gasteiger partial charge in [-0.1, -0.05) is 23.7 Å². The zero-order chi connectivity index (χ0) is 22.5. The molecule has 1 aliphatic rings. The predicted octanol–water partition coefficient (Wildman–Crippen LogP) is 3.86. The van der Waals surface area contributed by atoms with E-state index in [4.69, 9.17) is 16.3 Å². The summed E-state index contributed by atoms with van der Waals surface area (Å²) in [4.78, 5) is 32.8. The third kappa shape index (κ3) is 5.68. The second-order valence-electron chi connectivity index (χ2n) is 8.03. The summed E-state index contributed by atoms with van der Waals surface area (Å²) in [5.74, 6) is 0. The van der Waals surface area contributed by atoms with Crippen LogP contribution in [0.4, 0.5) is 10.5 Å². The fourth-order valence-corrected chi connectivity index (χ4v) is 3.88. The van der Waals surface area contributed by atoms with Crippen molar-refractivity contribution >= 4 is 34.2 Å². The minimum Gasteiger partial charge on any atom is -0.379 e. The van der Waals surface area contributed by atoms with Gasteiger partial charge in [0.25, 0.3) is 5.56 Å². The minimum absolute atomic E-state index is 0.182. The number of urea groups is 1. The number of aromatic nitrogens is 1. The van der Waals surface area contributed by atoms with Crippen molar-refractivity contribution in [3.05, 3.63) is 75.0 Å². The molecule has 4 rings (SSSR count). The molecular weight excluding hydrogens is 428 g/mol. The van der Waals surface area contributed by atoms with E-state index in [0.717, 1.165) is 29.6 Å². The summed E-state index contributed by atoms with van der Waals surface area (Å²) >= 11 is 5.95. The Balaban J connectivity index is 1.54. The van der Waals surface area contributed by atoms with E-state index in [9.17, 15) is 9.59 Å². The van der Waals surface area contributed by atoms with E-state index in [2.05, 4.69) is 15.2 Å². The Morgan fingerprint density at radius 1 is 1.16 bits per heavy atom. The van der Waals surface area contributed by atoms with Crippen LogP contribution in [0.15, 0.2) is 53.3 Å². The molecule has 8 heteroatoms. The van der Waals surface area contributed by atoms with Gasteiger partial charge >= 0.3 is 6.03 Å². The van der Waals surface area contributed by atoms with Crippen LogP contribution in [0.3, 0.4) is 0 Å². The number of carbonyl (C=O) groups is 1. The number of aryl methyl sites for hydroxylation is 1. The number of fused-ring (bicyclic) bond motifs is 1. The normalized spacial score (nSPS) is 14.4. The number of pyridine rings is 1. The van der Waals surface area contributed by atoms with Crippen LogP contribution in [0, 0.1) is 6.92 Å². The summed E-state index contributed by atoms with van der Waals surface area (Å²) in [7, 11) is 0. The number of anilines is 1. The van der Waals surface area contributed by atoms with E-state index in [0.29, 0.717) is 42.6 Å². The summed E-state index contributed by atoms with van der Waals surface area (Å²) in [6.45, 7) is 6.46. The van der Waals surface area contributed by atoms with E-state index in [1.165, 1.54) is 0 Å². The zero-order valence-electron chi connectivity index (χ0n) is 18.1. The number of nitrogens with zero attached hydrogens (tertiary/aromatic N) is 2. The summed E-state index contributed by atoms with van der Waals surface area (Å²) < 4.78 is 5.41. The predicted molar refractivity (Wildman–Crippen MR) is 127 cm³/mol. The molecule has 0 radical (unpaired) electrons. The van der Waals surface area contributed by atoms with Crippen LogP contribution >= 0.6 is 11.6 Å². The molecule has 168 valence electrons. The molecule has 3 aromatic rings. The van der Waals surface area contributed by atoms with Crippen LogP contribution in [0.25, 0.3) is 10.9 Å². The van der Waals surface area contributed by atoms with Gasteiger partial charge in [0.2, 0.25) is 0 Å². The average Bonchev–Trinajstić information content (AvgIpc) is 2.79. The van der Waals surface area contributed by atoms with Crippen LogP contribution in [-0.2, 0) is 11.3 Å². The number of ether oxygens (including phenoxy) is 1. The highest BCUT2D eigenvalue weighted by molar-refractivity contribution is 6.30. The number of morpholine rings is 1. The smallest absolute Gasteiger partial charge is 0.322 e. The van der Waals surface area contributed by atoms with Crippen LogP contribution in [0.2, 0.25) is 5.02 Å². The fraction of sp³-hybridized carbons (Fsp3) is 0.333. The lowest BCUT2D eigenvalue weighted by Crippen LogP contribution is -2.44. The van der Waals surface area contributed by atoms with Gasteiger partial charge in [0, 0.05) is 48.0 Å². The molecule has 1 saturated heterocycles. The molecule has 1 fully saturated rings. The Bertz CT molecular complexity index is 1140. The number of amides is 2. The molecule has 2 amide bonds. The number of hydrogen-bond donors (Lipinski definition) is 2. The fourth-order valence-electron chi connectivity index (χ4n) is 3.76. The van der Waals surface area contributed by atoms with E-state index in [1.807, 2.05) is 31.2 Å². The Morgan fingerprint density at radius 3 is 2.66 bits per heavy atom. The van der Waals surface area contributed by atoms with Gasteiger partial charge in [-0.3, -0.25) is 9.69 Å². The molecule has 7 nitrogen and oxygen atoms in total. The number of carbonyl (C=O) groups excluding carboxylic acids is 1. The summed E-state index contributed by atoms with van der Waals surface area (Å²) in [6.07, 6.45) is 0. The maximum atomic E-state index is 13.1. The Morgan fingerprint density at radius 2 is 1.91 bits per heavy atom. The highest BCUT2D eigenvalue weighted by Crippen LogP contribution is 2.16. The lowest BCUT2D eigenvalue weighted by atomic mass is 10.1. The summed E-state index contributed by atoms with van der Waals surface area (Å²) in [5, 5.41) is 4.46. The number of hydrogen-bond acceptors (Lipinski definition) is 4. The summed E-state index contributed by atoms with van der Waals surface area (Å²) in [5.41, 5.74) is 2.90. The third-order valence-electron chi connectivity index (χ3n) is 5.61. The van der Waals surface area contributed by atoms with E-state index < -0.39 is 0 Å². The first-order chi connectivity index (χ1) is 15.5. The van der Waals surface area contributed by atoms with Crippen LogP contribution in [0.5, 0.6) is 0 Å². The molecule has 32 heavy (non-hydrogen) atoms. The van der Waals surface area contributed by atoms with Gasteiger partial charge in [-0.05, 0) is 54.3 Å². The number of H-pyrrole nitrogens is 1. The van der Waals surface area contributed by atoms with E-state index in [1.54, 1.807) is 29.2 Å². The molecule has 0 saturated carbocycles. The summed E-state index contributed by atoms with van der Waals surface area (Å²) in [6, 6.07) is 14.5. The zero-order valence-corrected chi connectivity index (χ0v) is 18.8. The maximum absolute atomic E-state index is 13.1. The maximum Gasteiger partial charge on any atom is 0.322 e. The number of rotatable bonds is 6. The molecule has 2 N–H and O–H groups in total. The molecular formula is C24H27ClN4O3. The Kier molecular flexibility index (Phi) is 7.09. The van der Waals surface area contributed by atoms with Gasteiger partial charge in [0.15, 0.2) is 0 Å². The molecule has 0 aliphatic carbocycles. The first kappa shape index (κ1) is 22.3. The molecule has 0 unspecified atom stereocenters. The van der Waals surface area contributed by atoms with Crippen LogP contribution < -0.4 is 10.9 Å². The number of halogens is 1. The van der Waals surface area contributed by atoms with Gasteiger partial charge in [0.1, 0.15) is 0 Å². The first-order valence-corrected chi connectivity index (χ1v) is 11.1. The van der Waals surface area contributed by atoms with Crippen molar-refractivity contribution in [3.63, 3.8) is 0 Å². The van der Waals surface area contributed by atoms with Gasteiger partial charge in [-0.25, -0.2) is 4.79 Å². The molecule has 1 aromatic heterocycles. The highest BCUT2D eigenvalue weighted by Gasteiger charge is 2.19. The van der Waals surface area contributed by atoms with Crippen molar-refractivity contribution in [2.75, 3.05) is 44.7 Å². The van der Waals surface area contributed by atoms with Gasteiger partial charge in [-0.15, -0.1) is 0 Å². The third-order valence-corrected chi connectivity index (χ3v) is 5.86. The number of aromatic amines is 1. The number of nitrogens with one attached hydrogen (secondary N) is 2. The van der Waals surface area contributed by atoms with Gasteiger partial charge in [-0.2, -0.15) is 0 Å². The molecule has 0 atom stereocenters. The Labute approximate surface area is 191 Å².